The molecule has 0 aliphatic carbocycles. The predicted octanol–water partition coefficient (Wildman–Crippen LogP) is 1.63. The fourth-order valence-corrected chi connectivity index (χ4v) is 1.88. The maximum atomic E-state index is 12.0. The van der Waals surface area contributed by atoms with Crippen LogP contribution in [0.4, 0.5) is 0 Å². The topological polar surface area (TPSA) is 68.0 Å². The summed E-state index contributed by atoms with van der Waals surface area (Å²) in [6.45, 7) is 2.65. The highest BCUT2D eigenvalue weighted by molar-refractivity contribution is 5.94. The molecule has 21 heavy (non-hydrogen) atoms. The van der Waals surface area contributed by atoms with Crippen LogP contribution >= 0.6 is 0 Å². The van der Waals surface area contributed by atoms with E-state index in [1.807, 2.05) is 31.2 Å². The van der Waals surface area contributed by atoms with E-state index in [1.54, 1.807) is 18.3 Å². The molecule has 1 amide bonds. The molecule has 0 saturated carbocycles. The normalized spacial score (nSPS) is 9.62. The monoisotopic (exact) mass is 279 g/mol. The van der Waals surface area contributed by atoms with Gasteiger partial charge in [-0.15, -0.1) is 0 Å². The summed E-state index contributed by atoms with van der Waals surface area (Å²) < 4.78 is 0. The maximum Gasteiger partial charge on any atom is 0.251 e. The third-order valence-electron chi connectivity index (χ3n) is 2.87. The number of benzene rings is 1. The Morgan fingerprint density at radius 1 is 1.33 bits per heavy atom. The lowest BCUT2D eigenvalue weighted by Gasteiger charge is -2.06. The van der Waals surface area contributed by atoms with Crippen molar-refractivity contribution in [3.8, 4) is 11.8 Å². The lowest BCUT2D eigenvalue weighted by Crippen LogP contribution is -2.22. The number of rotatable bonds is 3. The highest BCUT2D eigenvalue weighted by atomic mass is 16.1. The zero-order valence-electron chi connectivity index (χ0n) is 11.9. The van der Waals surface area contributed by atoms with Gasteiger partial charge in [0.25, 0.3) is 5.91 Å². The van der Waals surface area contributed by atoms with Crippen LogP contribution in [0.25, 0.3) is 0 Å². The smallest absolute Gasteiger partial charge is 0.251 e. The molecule has 4 heteroatoms. The second-order valence-electron chi connectivity index (χ2n) is 4.57. The molecule has 0 aliphatic rings. The number of nitrogens with one attached hydrogen (secondary N) is 1. The molecule has 1 aromatic heterocycles. The number of nitrogens with zero attached hydrogens (tertiary/aromatic N) is 1. The number of hydrogen-bond acceptors (Lipinski definition) is 3. The molecule has 2 rings (SSSR count). The van der Waals surface area contributed by atoms with Crippen LogP contribution in [-0.2, 0) is 6.54 Å². The van der Waals surface area contributed by atoms with E-state index >= 15 is 0 Å². The van der Waals surface area contributed by atoms with E-state index in [1.165, 1.54) is 0 Å². The second-order valence-corrected chi connectivity index (χ2v) is 4.57. The maximum absolute atomic E-state index is 12.0. The Labute approximate surface area is 124 Å². The minimum Gasteiger partial charge on any atom is -0.348 e. The molecule has 106 valence electrons. The van der Waals surface area contributed by atoms with Crippen molar-refractivity contribution in [3.63, 3.8) is 0 Å². The van der Waals surface area contributed by atoms with Crippen LogP contribution in [0.5, 0.6) is 0 Å². The Balaban J connectivity index is 2.01. The Hall–Kier alpha value is -2.64. The van der Waals surface area contributed by atoms with Gasteiger partial charge in [-0.25, -0.2) is 0 Å². The van der Waals surface area contributed by atoms with Crippen molar-refractivity contribution in [3.05, 3.63) is 65.0 Å². The first-order valence-corrected chi connectivity index (χ1v) is 6.68. The number of nitrogens with two attached hydrogens (primary N) is 1. The fourth-order valence-electron chi connectivity index (χ4n) is 1.88. The quantitative estimate of drug-likeness (QED) is 0.839. The van der Waals surface area contributed by atoms with Crippen LogP contribution in [0.2, 0.25) is 0 Å². The molecule has 2 aromatic rings. The van der Waals surface area contributed by atoms with Crippen molar-refractivity contribution in [2.24, 2.45) is 5.73 Å². The summed E-state index contributed by atoms with van der Waals surface area (Å²) >= 11 is 0. The van der Waals surface area contributed by atoms with Crippen molar-refractivity contribution < 1.29 is 4.79 Å². The van der Waals surface area contributed by atoms with Gasteiger partial charge in [0.15, 0.2) is 0 Å². The largest absolute Gasteiger partial charge is 0.348 e. The highest BCUT2D eigenvalue weighted by Crippen LogP contribution is 2.05. The molecule has 1 aromatic carbocycles. The molecule has 0 aliphatic heterocycles. The van der Waals surface area contributed by atoms with Crippen molar-refractivity contribution in [2.45, 2.75) is 13.5 Å². The third kappa shape index (κ3) is 4.44. The first kappa shape index (κ1) is 14.8. The van der Waals surface area contributed by atoms with Crippen LogP contribution in [0, 0.1) is 18.8 Å². The van der Waals surface area contributed by atoms with E-state index in [4.69, 9.17) is 5.73 Å². The Morgan fingerprint density at radius 2 is 2.19 bits per heavy atom. The van der Waals surface area contributed by atoms with Crippen LogP contribution in [0.1, 0.15) is 27.2 Å². The van der Waals surface area contributed by atoms with Gasteiger partial charge in [0, 0.05) is 29.6 Å². The second kappa shape index (κ2) is 7.22. The molecule has 0 bridgehead atoms. The zero-order chi connectivity index (χ0) is 15.1. The molecule has 0 atom stereocenters. The fraction of sp³-hybridized carbons (Fsp3) is 0.176. The predicted molar refractivity (Wildman–Crippen MR) is 82.5 cm³/mol. The SMILES string of the molecule is Cc1cc(C(=O)NCc2cccc(C#CCN)c2)ccn1. The van der Waals surface area contributed by atoms with Gasteiger partial charge in [-0.05, 0) is 36.8 Å². The van der Waals surface area contributed by atoms with Gasteiger partial charge in [0.05, 0.1) is 6.54 Å². The van der Waals surface area contributed by atoms with Gasteiger partial charge < -0.3 is 11.1 Å². The zero-order valence-corrected chi connectivity index (χ0v) is 11.9. The van der Waals surface area contributed by atoms with Crippen LogP contribution < -0.4 is 11.1 Å². The summed E-state index contributed by atoms with van der Waals surface area (Å²) in [6, 6.07) is 11.2. The molecule has 1 heterocycles. The molecule has 0 fully saturated rings. The molecular formula is C17H17N3O. The number of pyridine rings is 1. The third-order valence-corrected chi connectivity index (χ3v) is 2.87. The van der Waals surface area contributed by atoms with Crippen molar-refractivity contribution >= 4 is 5.91 Å². The van der Waals surface area contributed by atoms with Gasteiger partial charge in [-0.2, -0.15) is 0 Å². The minimum atomic E-state index is -0.112. The first-order valence-electron chi connectivity index (χ1n) is 6.68. The Morgan fingerprint density at radius 3 is 2.95 bits per heavy atom. The molecule has 3 N–H and O–H groups in total. The van der Waals surface area contributed by atoms with Crippen molar-refractivity contribution in [1.29, 1.82) is 0 Å². The van der Waals surface area contributed by atoms with E-state index in [9.17, 15) is 4.79 Å². The first-order chi connectivity index (χ1) is 10.2. The van der Waals surface area contributed by atoms with E-state index in [2.05, 4.69) is 22.1 Å². The highest BCUT2D eigenvalue weighted by Gasteiger charge is 2.05. The molecule has 0 saturated heterocycles. The molecule has 0 spiro atoms. The summed E-state index contributed by atoms with van der Waals surface area (Å²) in [5, 5.41) is 2.89. The van der Waals surface area contributed by atoms with Gasteiger partial charge >= 0.3 is 0 Å². The number of aryl methyl sites for hydroxylation is 1. The molecule has 4 nitrogen and oxygen atoms in total. The lowest BCUT2D eigenvalue weighted by atomic mass is 10.1. The number of carbonyl (C=O) groups is 1. The van der Waals surface area contributed by atoms with Gasteiger partial charge in [0.2, 0.25) is 0 Å². The van der Waals surface area contributed by atoms with Crippen LogP contribution in [0.15, 0.2) is 42.6 Å². The van der Waals surface area contributed by atoms with E-state index in [-0.39, 0.29) is 5.91 Å². The number of carbonyl (C=O) groups excluding carboxylic acids is 1. The van der Waals surface area contributed by atoms with Crippen LogP contribution in [0.3, 0.4) is 0 Å². The minimum absolute atomic E-state index is 0.112. The van der Waals surface area contributed by atoms with Crippen molar-refractivity contribution in [2.75, 3.05) is 6.54 Å². The summed E-state index contributed by atoms with van der Waals surface area (Å²) in [6.07, 6.45) is 1.63. The average molecular weight is 279 g/mol. The summed E-state index contributed by atoms with van der Waals surface area (Å²) in [5.41, 5.74) is 8.68. The standard InChI is InChI=1S/C17H17N3O/c1-13-10-16(7-9-19-13)17(21)20-12-15-5-2-4-14(11-15)6-3-8-18/h2,4-5,7,9-11H,8,12,18H2,1H3,(H,20,21). The van der Waals surface area contributed by atoms with Gasteiger partial charge in [-0.3, -0.25) is 9.78 Å². The number of hydrogen-bond donors (Lipinski definition) is 2. The van der Waals surface area contributed by atoms with E-state index in [0.29, 0.717) is 18.7 Å². The molecular weight excluding hydrogens is 262 g/mol. The average Bonchev–Trinajstić information content (AvgIpc) is 2.51. The molecule has 0 unspecified atom stereocenters. The number of aromatic nitrogens is 1. The van der Waals surface area contributed by atoms with Gasteiger partial charge in [0.1, 0.15) is 0 Å². The summed E-state index contributed by atoms with van der Waals surface area (Å²) in [5.74, 6) is 5.68. The van der Waals surface area contributed by atoms with Gasteiger partial charge in [-0.1, -0.05) is 24.0 Å². The van der Waals surface area contributed by atoms with Crippen molar-refractivity contribution in [1.82, 2.24) is 10.3 Å². The van der Waals surface area contributed by atoms with Crippen LogP contribution in [-0.4, -0.2) is 17.4 Å². The summed E-state index contributed by atoms with van der Waals surface area (Å²) in [4.78, 5) is 16.1. The number of amides is 1. The molecule has 0 radical (unpaired) electrons. The van der Waals surface area contributed by atoms with E-state index < -0.39 is 0 Å². The summed E-state index contributed by atoms with van der Waals surface area (Å²) in [7, 11) is 0. The lowest BCUT2D eigenvalue weighted by molar-refractivity contribution is 0.0950. The van der Waals surface area contributed by atoms with E-state index in [0.717, 1.165) is 16.8 Å². The Bertz CT molecular complexity index is 698. The Kier molecular flexibility index (Phi) is 5.08.